The van der Waals surface area contributed by atoms with Crippen LogP contribution in [0.4, 0.5) is 18.9 Å². The summed E-state index contributed by atoms with van der Waals surface area (Å²) < 4.78 is 73.5. The van der Waals surface area contributed by atoms with E-state index < -0.39 is 33.7 Å². The minimum absolute atomic E-state index is 0.0131. The number of anilines is 1. The number of amides is 1. The second kappa shape index (κ2) is 7.23. The van der Waals surface area contributed by atoms with E-state index in [0.717, 1.165) is 6.07 Å². The van der Waals surface area contributed by atoms with Crippen molar-refractivity contribution < 1.29 is 31.1 Å². The minimum atomic E-state index is -4.57. The smallest absolute Gasteiger partial charge is 0.416 e. The fourth-order valence-electron chi connectivity index (χ4n) is 2.95. The molecular formula is C18H18F3N3O4S. The number of sulfonamides is 1. The van der Waals surface area contributed by atoms with Crippen molar-refractivity contribution in [2.24, 2.45) is 7.05 Å². The van der Waals surface area contributed by atoms with Crippen molar-refractivity contribution in [2.45, 2.75) is 24.0 Å². The Hall–Kier alpha value is -2.79. The molecule has 1 aromatic heterocycles. The Labute approximate surface area is 165 Å². The van der Waals surface area contributed by atoms with E-state index in [4.69, 9.17) is 4.74 Å². The normalized spacial score (nSPS) is 18.3. The van der Waals surface area contributed by atoms with Crippen LogP contribution in [0.3, 0.4) is 0 Å². The zero-order chi connectivity index (χ0) is 21.6. The predicted molar refractivity (Wildman–Crippen MR) is 99.3 cm³/mol. The summed E-state index contributed by atoms with van der Waals surface area (Å²) in [6.45, 7) is 4.74. The quantitative estimate of drug-likeness (QED) is 0.735. The van der Waals surface area contributed by atoms with Gasteiger partial charge in [-0.2, -0.15) is 13.2 Å². The van der Waals surface area contributed by atoms with Crippen LogP contribution in [0.25, 0.3) is 0 Å². The van der Waals surface area contributed by atoms with Gasteiger partial charge in [-0.1, -0.05) is 12.1 Å². The van der Waals surface area contributed by atoms with E-state index in [1.165, 1.54) is 42.9 Å². The molecule has 156 valence electrons. The third-order valence-corrected chi connectivity index (χ3v) is 5.89. The maximum absolute atomic E-state index is 13.1. The van der Waals surface area contributed by atoms with Gasteiger partial charge >= 0.3 is 6.18 Å². The lowest BCUT2D eigenvalue weighted by molar-refractivity contribution is -0.138. The molecule has 0 radical (unpaired) electrons. The molecule has 0 bridgehead atoms. The number of rotatable bonds is 3. The first kappa shape index (κ1) is 20.9. The second-order valence-electron chi connectivity index (χ2n) is 6.54. The SMILES string of the molecule is C=CC1COc2c(cn(C)c2C(=O)Nc2ccc(C)c(C(F)(F)F)c2)S(=O)(=O)N1. The molecule has 0 aliphatic carbocycles. The Morgan fingerprint density at radius 1 is 1.41 bits per heavy atom. The highest BCUT2D eigenvalue weighted by atomic mass is 32.2. The van der Waals surface area contributed by atoms with Crippen molar-refractivity contribution >= 4 is 21.6 Å². The van der Waals surface area contributed by atoms with Gasteiger partial charge in [0.1, 0.15) is 11.5 Å². The number of hydrogen-bond acceptors (Lipinski definition) is 4. The molecule has 0 spiro atoms. The number of halogens is 3. The lowest BCUT2D eigenvalue weighted by Gasteiger charge is -2.14. The molecule has 2 aromatic rings. The summed E-state index contributed by atoms with van der Waals surface area (Å²) in [4.78, 5) is 12.5. The van der Waals surface area contributed by atoms with Gasteiger partial charge in [-0.3, -0.25) is 4.79 Å². The number of nitrogens with zero attached hydrogens (tertiary/aromatic N) is 1. The van der Waals surface area contributed by atoms with Crippen LogP contribution in [0.1, 0.15) is 21.6 Å². The second-order valence-corrected chi connectivity index (χ2v) is 8.22. The van der Waals surface area contributed by atoms with E-state index >= 15 is 0 Å². The van der Waals surface area contributed by atoms with Crippen molar-refractivity contribution in [3.8, 4) is 5.75 Å². The van der Waals surface area contributed by atoms with Crippen LogP contribution in [0, 0.1) is 6.92 Å². The number of nitrogens with one attached hydrogen (secondary N) is 2. The van der Waals surface area contributed by atoms with Gasteiger partial charge in [0.05, 0.1) is 11.6 Å². The summed E-state index contributed by atoms with van der Waals surface area (Å²) in [5, 5.41) is 2.37. The summed E-state index contributed by atoms with van der Waals surface area (Å²) in [7, 11) is -2.54. The predicted octanol–water partition coefficient (Wildman–Crippen LogP) is 2.83. The van der Waals surface area contributed by atoms with Gasteiger partial charge in [-0.05, 0) is 24.6 Å². The van der Waals surface area contributed by atoms with Crippen molar-refractivity contribution in [1.29, 1.82) is 0 Å². The maximum atomic E-state index is 13.1. The average molecular weight is 429 g/mol. The zero-order valence-corrected chi connectivity index (χ0v) is 16.3. The van der Waals surface area contributed by atoms with Crippen LogP contribution in [-0.4, -0.2) is 31.5 Å². The number of fused-ring (bicyclic) bond motifs is 1. The van der Waals surface area contributed by atoms with Crippen LogP contribution < -0.4 is 14.8 Å². The average Bonchev–Trinajstić information content (AvgIpc) is 2.90. The summed E-state index contributed by atoms with van der Waals surface area (Å²) in [5.41, 5.74) is -1.08. The van der Waals surface area contributed by atoms with Gasteiger partial charge in [-0.25, -0.2) is 13.1 Å². The van der Waals surface area contributed by atoms with Crippen LogP contribution >= 0.6 is 0 Å². The van der Waals surface area contributed by atoms with Gasteiger partial charge in [0.2, 0.25) is 10.0 Å². The molecule has 11 heteroatoms. The molecule has 1 amide bonds. The Bertz CT molecular complexity index is 1090. The van der Waals surface area contributed by atoms with Gasteiger partial charge in [0.25, 0.3) is 5.91 Å². The van der Waals surface area contributed by atoms with E-state index in [1.54, 1.807) is 0 Å². The molecule has 1 atom stereocenters. The highest BCUT2D eigenvalue weighted by Gasteiger charge is 2.35. The Morgan fingerprint density at radius 2 is 2.10 bits per heavy atom. The largest absolute Gasteiger partial charge is 0.488 e. The standard InChI is InChI=1S/C18H18F3N3O4S/c1-4-11-9-28-16-14(29(26,27)23-11)8-24(3)15(16)17(25)22-12-6-5-10(2)13(7-12)18(19,20)21/h4-8,11,23H,1,9H2,2-3H3,(H,22,25). The summed E-state index contributed by atoms with van der Waals surface area (Å²) >= 11 is 0. The fraction of sp³-hybridized carbons (Fsp3) is 0.278. The first-order valence-electron chi connectivity index (χ1n) is 8.40. The molecule has 0 saturated carbocycles. The molecule has 1 aromatic carbocycles. The van der Waals surface area contributed by atoms with Crippen molar-refractivity contribution in [1.82, 2.24) is 9.29 Å². The van der Waals surface area contributed by atoms with E-state index in [0.29, 0.717) is 0 Å². The third kappa shape index (κ3) is 4.01. The first-order chi connectivity index (χ1) is 13.4. The highest BCUT2D eigenvalue weighted by Crippen LogP contribution is 2.35. The van der Waals surface area contributed by atoms with Gasteiger partial charge in [-0.15, -0.1) is 6.58 Å². The van der Waals surface area contributed by atoms with E-state index in [2.05, 4.69) is 16.6 Å². The van der Waals surface area contributed by atoms with Gasteiger partial charge in [0.15, 0.2) is 11.4 Å². The van der Waals surface area contributed by atoms with Crippen LogP contribution in [0.2, 0.25) is 0 Å². The molecule has 2 heterocycles. The molecule has 1 aliphatic rings. The summed E-state index contributed by atoms with van der Waals surface area (Å²) in [5.74, 6) is -0.983. The number of alkyl halides is 3. The molecule has 0 saturated heterocycles. The third-order valence-electron chi connectivity index (χ3n) is 4.41. The molecule has 1 unspecified atom stereocenters. The Morgan fingerprint density at radius 3 is 2.72 bits per heavy atom. The summed E-state index contributed by atoms with van der Waals surface area (Å²) in [6, 6.07) is 2.70. The fourth-order valence-corrected chi connectivity index (χ4v) is 4.34. The van der Waals surface area contributed by atoms with E-state index in [9.17, 15) is 26.4 Å². The number of carbonyl (C=O) groups is 1. The van der Waals surface area contributed by atoms with Gasteiger partial charge < -0.3 is 14.6 Å². The van der Waals surface area contributed by atoms with Crippen molar-refractivity contribution in [2.75, 3.05) is 11.9 Å². The molecule has 29 heavy (non-hydrogen) atoms. The van der Waals surface area contributed by atoms with E-state index in [-0.39, 0.29) is 34.2 Å². The lowest BCUT2D eigenvalue weighted by Crippen LogP contribution is -2.35. The number of aromatic nitrogens is 1. The molecule has 3 rings (SSSR count). The minimum Gasteiger partial charge on any atom is -0.488 e. The lowest BCUT2D eigenvalue weighted by atomic mass is 10.1. The highest BCUT2D eigenvalue weighted by molar-refractivity contribution is 7.89. The van der Waals surface area contributed by atoms with Gasteiger partial charge in [0, 0.05) is 18.9 Å². The number of ether oxygens (including phenoxy) is 1. The van der Waals surface area contributed by atoms with Crippen molar-refractivity contribution in [3.63, 3.8) is 0 Å². The van der Waals surface area contributed by atoms with E-state index in [1.807, 2.05) is 0 Å². The van der Waals surface area contributed by atoms with Crippen LogP contribution in [0.5, 0.6) is 5.75 Å². The Balaban J connectivity index is 1.99. The maximum Gasteiger partial charge on any atom is 0.416 e. The zero-order valence-electron chi connectivity index (χ0n) is 15.5. The van der Waals surface area contributed by atoms with Crippen LogP contribution in [0.15, 0.2) is 41.9 Å². The van der Waals surface area contributed by atoms with Crippen LogP contribution in [-0.2, 0) is 23.2 Å². The monoisotopic (exact) mass is 429 g/mol. The number of benzene rings is 1. The molecule has 2 N–H and O–H groups in total. The Kier molecular flexibility index (Phi) is 5.22. The number of carbonyl (C=O) groups excluding carboxylic acids is 1. The topological polar surface area (TPSA) is 89.4 Å². The molecule has 0 fully saturated rings. The van der Waals surface area contributed by atoms with Crippen molar-refractivity contribution in [3.05, 3.63) is 53.9 Å². The number of aryl methyl sites for hydroxylation is 2. The summed E-state index contributed by atoms with van der Waals surface area (Å²) in [6.07, 6.45) is -2.02. The number of hydrogen-bond donors (Lipinski definition) is 2. The first-order valence-corrected chi connectivity index (χ1v) is 9.88. The molecule has 7 nitrogen and oxygen atoms in total. The molecular weight excluding hydrogens is 411 g/mol. The molecule has 1 aliphatic heterocycles.